The molecule has 2 N–H and O–H groups in total. The van der Waals surface area contributed by atoms with Gasteiger partial charge in [0.15, 0.2) is 0 Å². The summed E-state index contributed by atoms with van der Waals surface area (Å²) in [6, 6.07) is -0.0987. The molecule has 0 aromatic carbocycles. The lowest BCUT2D eigenvalue weighted by atomic mass is 10.2. The Hall–Kier alpha value is -0.460. The van der Waals surface area contributed by atoms with Crippen LogP contribution in [-0.4, -0.2) is 54.0 Å². The van der Waals surface area contributed by atoms with E-state index in [0.717, 1.165) is 11.6 Å². The first-order valence-corrected chi connectivity index (χ1v) is 6.18. The second-order valence-electron chi connectivity index (χ2n) is 3.96. The first-order chi connectivity index (χ1) is 7.16. The molecule has 2 amide bonds. The topological polar surface area (TPSA) is 61.4 Å². The van der Waals surface area contributed by atoms with Crippen molar-refractivity contribution in [2.45, 2.75) is 18.5 Å². The Bertz CT molecular complexity index is 284. The van der Waals surface area contributed by atoms with Crippen LogP contribution in [0.4, 0.5) is 0 Å². The zero-order valence-corrected chi connectivity index (χ0v) is 10.7. The van der Waals surface area contributed by atoms with Crippen LogP contribution in [0.5, 0.6) is 0 Å². The molecule has 0 aromatic heterocycles. The molecule has 2 rings (SSSR count). The van der Waals surface area contributed by atoms with Gasteiger partial charge < -0.3 is 10.2 Å². The third-order valence-corrected chi connectivity index (χ3v) is 3.66. The Balaban J connectivity index is 0.00000128. The molecule has 2 aliphatic heterocycles. The summed E-state index contributed by atoms with van der Waals surface area (Å²) in [6.07, 6.45) is 0.433. The first kappa shape index (κ1) is 13.6. The van der Waals surface area contributed by atoms with Gasteiger partial charge in [-0.1, -0.05) is 0 Å². The number of nitrogens with zero attached hydrogens (tertiary/aromatic N) is 1. The molecule has 2 aliphatic rings. The van der Waals surface area contributed by atoms with Gasteiger partial charge in [-0.2, -0.15) is 0 Å². The van der Waals surface area contributed by atoms with Gasteiger partial charge in [0.1, 0.15) is 0 Å². The molecule has 2 saturated heterocycles. The van der Waals surface area contributed by atoms with Crippen LogP contribution in [0.25, 0.3) is 0 Å². The second kappa shape index (κ2) is 5.75. The molecule has 0 aromatic rings. The van der Waals surface area contributed by atoms with Gasteiger partial charge in [0.2, 0.25) is 11.8 Å². The second-order valence-corrected chi connectivity index (χ2v) is 4.99. The van der Waals surface area contributed by atoms with Gasteiger partial charge in [0, 0.05) is 31.6 Å². The molecule has 92 valence electrons. The van der Waals surface area contributed by atoms with Crippen LogP contribution in [0.15, 0.2) is 0 Å². The van der Waals surface area contributed by atoms with E-state index < -0.39 is 0 Å². The van der Waals surface area contributed by atoms with E-state index in [-0.39, 0.29) is 36.3 Å². The van der Waals surface area contributed by atoms with Gasteiger partial charge >= 0.3 is 0 Å². The maximum Gasteiger partial charge on any atom is 0.238 e. The number of halogens is 1. The van der Waals surface area contributed by atoms with Gasteiger partial charge in [-0.25, -0.2) is 0 Å². The van der Waals surface area contributed by atoms with Crippen molar-refractivity contribution in [3.8, 4) is 0 Å². The van der Waals surface area contributed by atoms with Gasteiger partial charge in [0.05, 0.1) is 12.1 Å². The largest absolute Gasteiger partial charge is 0.350 e. The molecule has 0 aliphatic carbocycles. The van der Waals surface area contributed by atoms with E-state index in [2.05, 4.69) is 10.6 Å². The summed E-state index contributed by atoms with van der Waals surface area (Å²) in [4.78, 5) is 24.6. The van der Waals surface area contributed by atoms with Crippen molar-refractivity contribution in [1.29, 1.82) is 0 Å². The number of carbonyl (C=O) groups excluding carboxylic acids is 2. The van der Waals surface area contributed by atoms with E-state index in [0.29, 0.717) is 13.0 Å². The molecule has 0 saturated carbocycles. The van der Waals surface area contributed by atoms with Crippen LogP contribution in [-0.2, 0) is 9.59 Å². The summed E-state index contributed by atoms with van der Waals surface area (Å²) in [6.45, 7) is 0.629. The first-order valence-electron chi connectivity index (χ1n) is 5.02. The minimum absolute atomic E-state index is 0. The van der Waals surface area contributed by atoms with E-state index >= 15 is 0 Å². The molecule has 7 heteroatoms. The molecule has 16 heavy (non-hydrogen) atoms. The molecule has 1 unspecified atom stereocenters. The molecule has 0 bridgehead atoms. The lowest BCUT2D eigenvalue weighted by Crippen LogP contribution is -2.47. The number of carbonyl (C=O) groups is 2. The summed E-state index contributed by atoms with van der Waals surface area (Å²) >= 11 is 1.72. The quantitative estimate of drug-likeness (QED) is 0.701. The summed E-state index contributed by atoms with van der Waals surface area (Å²) in [5, 5.41) is 6.01. The highest BCUT2D eigenvalue weighted by atomic mass is 35.5. The van der Waals surface area contributed by atoms with Crippen molar-refractivity contribution < 1.29 is 9.59 Å². The molecule has 5 nitrogen and oxygen atoms in total. The Morgan fingerprint density at radius 2 is 2.38 bits per heavy atom. The smallest absolute Gasteiger partial charge is 0.238 e. The van der Waals surface area contributed by atoms with Crippen LogP contribution in [0.1, 0.15) is 6.42 Å². The maximum absolute atomic E-state index is 11.7. The zero-order chi connectivity index (χ0) is 10.8. The average Bonchev–Trinajstić information content (AvgIpc) is 2.77. The Labute approximate surface area is 105 Å². The van der Waals surface area contributed by atoms with Crippen molar-refractivity contribution >= 4 is 36.0 Å². The van der Waals surface area contributed by atoms with Crippen molar-refractivity contribution in [3.05, 3.63) is 0 Å². The number of likely N-dealkylation sites (tertiary alicyclic amines) is 1. The lowest BCUT2D eigenvalue weighted by molar-refractivity contribution is -0.126. The predicted octanol–water partition coefficient (Wildman–Crippen LogP) is -0.582. The minimum Gasteiger partial charge on any atom is -0.350 e. The van der Waals surface area contributed by atoms with Gasteiger partial charge in [0.25, 0.3) is 0 Å². The molecular formula is C9H16ClN3O2S. The minimum atomic E-state index is -0.0870. The summed E-state index contributed by atoms with van der Waals surface area (Å²) in [7, 11) is 1.76. The van der Waals surface area contributed by atoms with Crippen molar-refractivity contribution in [3.63, 3.8) is 0 Å². The molecule has 2 fully saturated rings. The number of amides is 2. The summed E-state index contributed by atoms with van der Waals surface area (Å²) in [5.41, 5.74) is 0. The van der Waals surface area contributed by atoms with Crippen LogP contribution in [0.3, 0.4) is 0 Å². The SMILES string of the molecule is CN1CC(NC(=O)[C@H]2CSCN2)CC1=O.Cl. The summed E-state index contributed by atoms with van der Waals surface area (Å²) in [5.74, 6) is 1.78. The van der Waals surface area contributed by atoms with Gasteiger partial charge in [-0.3, -0.25) is 14.9 Å². The number of hydrogen-bond donors (Lipinski definition) is 2. The standard InChI is InChI=1S/C9H15N3O2S.ClH/c1-12-3-6(2-8(12)13)11-9(14)7-4-15-5-10-7;/h6-7,10H,2-5H2,1H3,(H,11,14);1H/t6?,7-;/m1./s1. The average molecular weight is 266 g/mol. The van der Waals surface area contributed by atoms with E-state index in [1.54, 1.807) is 23.7 Å². The molecule has 2 atom stereocenters. The van der Waals surface area contributed by atoms with E-state index in [9.17, 15) is 9.59 Å². The van der Waals surface area contributed by atoms with E-state index in [1.807, 2.05) is 0 Å². The number of likely N-dealkylation sites (N-methyl/N-ethyl adjacent to an activating group) is 1. The van der Waals surface area contributed by atoms with Crippen molar-refractivity contribution in [1.82, 2.24) is 15.5 Å². The number of thioether (sulfide) groups is 1. The fourth-order valence-corrected chi connectivity index (χ4v) is 2.77. The van der Waals surface area contributed by atoms with E-state index in [4.69, 9.17) is 0 Å². The molecule has 0 radical (unpaired) electrons. The van der Waals surface area contributed by atoms with Gasteiger partial charge in [-0.15, -0.1) is 24.2 Å². The fraction of sp³-hybridized carbons (Fsp3) is 0.778. The highest BCUT2D eigenvalue weighted by molar-refractivity contribution is 7.99. The summed E-state index contributed by atoms with van der Waals surface area (Å²) < 4.78 is 0. The van der Waals surface area contributed by atoms with Crippen LogP contribution in [0.2, 0.25) is 0 Å². The number of rotatable bonds is 2. The highest BCUT2D eigenvalue weighted by Crippen LogP contribution is 2.12. The Morgan fingerprint density at radius 1 is 1.62 bits per heavy atom. The third-order valence-electron chi connectivity index (χ3n) is 2.72. The lowest BCUT2D eigenvalue weighted by Gasteiger charge is -2.15. The maximum atomic E-state index is 11.7. The van der Waals surface area contributed by atoms with E-state index in [1.165, 1.54) is 0 Å². The Kier molecular flexibility index (Phi) is 4.89. The number of nitrogens with one attached hydrogen (secondary N) is 2. The third kappa shape index (κ3) is 3.02. The normalized spacial score (nSPS) is 29.1. The molecule has 0 spiro atoms. The molecule has 2 heterocycles. The van der Waals surface area contributed by atoms with Crippen molar-refractivity contribution in [2.75, 3.05) is 25.2 Å². The van der Waals surface area contributed by atoms with Crippen LogP contribution in [0, 0.1) is 0 Å². The van der Waals surface area contributed by atoms with Gasteiger partial charge in [-0.05, 0) is 0 Å². The Morgan fingerprint density at radius 3 is 2.88 bits per heavy atom. The predicted molar refractivity (Wildman–Crippen MR) is 65.7 cm³/mol. The molecular weight excluding hydrogens is 250 g/mol. The monoisotopic (exact) mass is 265 g/mol. The van der Waals surface area contributed by atoms with Crippen LogP contribution >= 0.6 is 24.2 Å². The van der Waals surface area contributed by atoms with Crippen LogP contribution < -0.4 is 10.6 Å². The van der Waals surface area contributed by atoms with Crippen molar-refractivity contribution in [2.24, 2.45) is 0 Å². The zero-order valence-electron chi connectivity index (χ0n) is 9.06. The fourth-order valence-electron chi connectivity index (χ4n) is 1.83. The highest BCUT2D eigenvalue weighted by Gasteiger charge is 2.30. The number of hydrogen-bond acceptors (Lipinski definition) is 4.